The highest BCUT2D eigenvalue weighted by Gasteiger charge is 2.23. The Hall–Kier alpha value is -1.30. The van der Waals surface area contributed by atoms with Crippen molar-refractivity contribution in [3.8, 4) is 11.5 Å². The molecule has 20 heavy (non-hydrogen) atoms. The van der Waals surface area contributed by atoms with E-state index in [0.717, 1.165) is 44.1 Å². The van der Waals surface area contributed by atoms with E-state index >= 15 is 0 Å². The average molecular weight is 278 g/mol. The first-order valence-electron chi connectivity index (χ1n) is 7.33. The molecule has 5 nitrogen and oxygen atoms in total. The summed E-state index contributed by atoms with van der Waals surface area (Å²) in [6.45, 7) is 5.46. The number of nitrogens with one attached hydrogen (secondary N) is 1. The molecule has 1 fully saturated rings. The summed E-state index contributed by atoms with van der Waals surface area (Å²) in [6, 6.07) is 6.39. The Balaban J connectivity index is 1.82. The summed E-state index contributed by atoms with van der Waals surface area (Å²) in [5.41, 5.74) is 1.20. The maximum absolute atomic E-state index is 9.37. The zero-order valence-electron chi connectivity index (χ0n) is 11.7. The molecule has 0 saturated carbocycles. The molecular weight excluding hydrogens is 256 g/mol. The van der Waals surface area contributed by atoms with Crippen molar-refractivity contribution in [2.24, 2.45) is 0 Å². The first kappa shape index (κ1) is 13.7. The van der Waals surface area contributed by atoms with Crippen molar-refractivity contribution in [1.29, 1.82) is 0 Å². The first-order valence-corrected chi connectivity index (χ1v) is 7.33. The molecular formula is C15H22N2O3. The van der Waals surface area contributed by atoms with Gasteiger partial charge in [-0.2, -0.15) is 0 Å². The van der Waals surface area contributed by atoms with Gasteiger partial charge < -0.3 is 19.9 Å². The zero-order valence-corrected chi connectivity index (χ0v) is 11.7. The molecule has 1 aromatic rings. The van der Waals surface area contributed by atoms with Crippen LogP contribution in [0.4, 0.5) is 0 Å². The van der Waals surface area contributed by atoms with E-state index in [1.807, 2.05) is 6.07 Å². The van der Waals surface area contributed by atoms with Crippen LogP contribution in [-0.2, 0) is 0 Å². The third-order valence-electron chi connectivity index (χ3n) is 3.95. The number of aliphatic hydroxyl groups is 1. The van der Waals surface area contributed by atoms with Crippen LogP contribution in [0.25, 0.3) is 0 Å². The Bertz CT molecular complexity index is 447. The number of rotatable bonds is 4. The maximum atomic E-state index is 9.37. The molecule has 0 aromatic heterocycles. The lowest BCUT2D eigenvalue weighted by atomic mass is 10.0. The van der Waals surface area contributed by atoms with Gasteiger partial charge in [0.15, 0.2) is 11.5 Å². The number of nitrogens with zero attached hydrogens (tertiary/aromatic N) is 1. The molecule has 0 bridgehead atoms. The number of hydrogen-bond donors (Lipinski definition) is 2. The van der Waals surface area contributed by atoms with E-state index in [2.05, 4.69) is 22.3 Å². The second kappa shape index (κ2) is 6.43. The van der Waals surface area contributed by atoms with Gasteiger partial charge in [-0.3, -0.25) is 4.90 Å². The number of hydrogen-bond acceptors (Lipinski definition) is 5. The van der Waals surface area contributed by atoms with Crippen LogP contribution in [0.1, 0.15) is 18.0 Å². The monoisotopic (exact) mass is 278 g/mol. The Morgan fingerprint density at radius 3 is 2.65 bits per heavy atom. The highest BCUT2D eigenvalue weighted by atomic mass is 16.6. The fourth-order valence-corrected chi connectivity index (χ4v) is 2.94. The summed E-state index contributed by atoms with van der Waals surface area (Å²) in [4.78, 5) is 2.43. The highest BCUT2D eigenvalue weighted by Crippen LogP contribution is 2.35. The van der Waals surface area contributed by atoms with Gasteiger partial charge >= 0.3 is 0 Å². The molecule has 1 saturated heterocycles. The number of piperazine rings is 1. The molecule has 1 atom stereocenters. The number of aliphatic hydroxyl groups excluding tert-OH is 1. The van der Waals surface area contributed by atoms with E-state index in [-0.39, 0.29) is 12.6 Å². The van der Waals surface area contributed by atoms with Crippen LogP contribution >= 0.6 is 0 Å². The highest BCUT2D eigenvalue weighted by molar-refractivity contribution is 5.44. The Morgan fingerprint density at radius 2 is 1.90 bits per heavy atom. The van der Waals surface area contributed by atoms with Crippen LogP contribution < -0.4 is 14.8 Å². The molecule has 5 heteroatoms. The number of fused-ring (bicyclic) bond motifs is 1. The SMILES string of the molecule is OCC[C@H](c1ccc2c(c1)OCCO2)N1CCNCC1. The van der Waals surface area contributed by atoms with E-state index in [1.54, 1.807) is 0 Å². The van der Waals surface area contributed by atoms with Gasteiger partial charge in [0.1, 0.15) is 13.2 Å². The molecule has 110 valence electrons. The molecule has 2 heterocycles. The minimum atomic E-state index is 0.197. The van der Waals surface area contributed by atoms with E-state index < -0.39 is 0 Å². The third-order valence-corrected chi connectivity index (χ3v) is 3.95. The van der Waals surface area contributed by atoms with Crippen LogP contribution in [-0.4, -0.2) is 56.0 Å². The predicted octanol–water partition coefficient (Wildman–Crippen LogP) is 0.786. The van der Waals surface area contributed by atoms with Gasteiger partial charge in [0.25, 0.3) is 0 Å². The summed E-state index contributed by atoms with van der Waals surface area (Å²) < 4.78 is 11.2. The first-order chi connectivity index (χ1) is 9.88. The molecule has 0 unspecified atom stereocenters. The maximum Gasteiger partial charge on any atom is 0.161 e. The topological polar surface area (TPSA) is 54.0 Å². The van der Waals surface area contributed by atoms with Crippen LogP contribution in [0.2, 0.25) is 0 Å². The van der Waals surface area contributed by atoms with Crippen LogP contribution in [0.3, 0.4) is 0 Å². The van der Waals surface area contributed by atoms with Crippen molar-refractivity contribution in [1.82, 2.24) is 10.2 Å². The molecule has 0 aliphatic carbocycles. The fourth-order valence-electron chi connectivity index (χ4n) is 2.94. The molecule has 0 amide bonds. The second-order valence-electron chi connectivity index (χ2n) is 5.22. The normalized spacial score (nSPS) is 20.6. The lowest BCUT2D eigenvalue weighted by molar-refractivity contribution is 0.139. The molecule has 1 aromatic carbocycles. The van der Waals surface area contributed by atoms with Crippen molar-refractivity contribution in [3.05, 3.63) is 23.8 Å². The van der Waals surface area contributed by atoms with Crippen LogP contribution in [0, 0.1) is 0 Å². The van der Waals surface area contributed by atoms with Gasteiger partial charge in [0, 0.05) is 38.8 Å². The van der Waals surface area contributed by atoms with Gasteiger partial charge in [-0.15, -0.1) is 0 Å². The van der Waals surface area contributed by atoms with Crippen molar-refractivity contribution in [2.75, 3.05) is 46.0 Å². The minimum Gasteiger partial charge on any atom is -0.486 e. The molecule has 0 spiro atoms. The lowest BCUT2D eigenvalue weighted by Gasteiger charge is -2.35. The molecule has 2 aliphatic rings. The standard InChI is InChI=1S/C15H22N2O3/c18-8-3-13(17-6-4-16-5-7-17)12-1-2-14-15(11-12)20-10-9-19-14/h1-2,11,13,16,18H,3-10H2/t13-/m1/s1. The van der Waals surface area contributed by atoms with Crippen molar-refractivity contribution >= 4 is 0 Å². The molecule has 2 aliphatic heterocycles. The van der Waals surface area contributed by atoms with E-state index in [1.165, 1.54) is 5.56 Å². The largest absolute Gasteiger partial charge is 0.486 e. The Labute approximate surface area is 119 Å². The number of benzene rings is 1. The van der Waals surface area contributed by atoms with Crippen LogP contribution in [0.15, 0.2) is 18.2 Å². The van der Waals surface area contributed by atoms with Crippen LogP contribution in [0.5, 0.6) is 11.5 Å². The third kappa shape index (κ3) is 2.90. The quantitative estimate of drug-likeness (QED) is 0.853. The molecule has 0 radical (unpaired) electrons. The second-order valence-corrected chi connectivity index (χ2v) is 5.22. The van der Waals surface area contributed by atoms with E-state index in [0.29, 0.717) is 13.2 Å². The smallest absolute Gasteiger partial charge is 0.161 e. The van der Waals surface area contributed by atoms with Crippen molar-refractivity contribution < 1.29 is 14.6 Å². The van der Waals surface area contributed by atoms with Crippen molar-refractivity contribution in [2.45, 2.75) is 12.5 Å². The summed E-state index contributed by atoms with van der Waals surface area (Å²) >= 11 is 0. The molecule has 3 rings (SSSR count). The fraction of sp³-hybridized carbons (Fsp3) is 0.600. The van der Waals surface area contributed by atoms with E-state index in [4.69, 9.17) is 9.47 Å². The van der Waals surface area contributed by atoms with Gasteiger partial charge in [-0.1, -0.05) is 6.07 Å². The predicted molar refractivity (Wildman–Crippen MR) is 76.3 cm³/mol. The van der Waals surface area contributed by atoms with Gasteiger partial charge in [-0.25, -0.2) is 0 Å². The molecule has 2 N–H and O–H groups in total. The summed E-state index contributed by atoms with van der Waals surface area (Å²) in [6.07, 6.45) is 0.750. The summed E-state index contributed by atoms with van der Waals surface area (Å²) in [5, 5.41) is 12.7. The van der Waals surface area contributed by atoms with Gasteiger partial charge in [-0.05, 0) is 24.1 Å². The minimum absolute atomic E-state index is 0.197. The lowest BCUT2D eigenvalue weighted by Crippen LogP contribution is -2.45. The van der Waals surface area contributed by atoms with Gasteiger partial charge in [0.2, 0.25) is 0 Å². The Kier molecular flexibility index (Phi) is 4.40. The summed E-state index contributed by atoms with van der Waals surface area (Å²) in [5.74, 6) is 1.65. The van der Waals surface area contributed by atoms with Gasteiger partial charge in [0.05, 0.1) is 0 Å². The average Bonchev–Trinajstić information content (AvgIpc) is 2.53. The van der Waals surface area contributed by atoms with Crippen molar-refractivity contribution in [3.63, 3.8) is 0 Å². The summed E-state index contributed by atoms with van der Waals surface area (Å²) in [7, 11) is 0. The Morgan fingerprint density at radius 1 is 1.15 bits per heavy atom. The van der Waals surface area contributed by atoms with E-state index in [9.17, 15) is 5.11 Å². The number of ether oxygens (including phenoxy) is 2. The zero-order chi connectivity index (χ0) is 13.8.